The Hall–Kier alpha value is -1.62. The Bertz CT molecular complexity index is 524. The summed E-state index contributed by atoms with van der Waals surface area (Å²) in [4.78, 5) is 4.30. The number of nitrogens with one attached hydrogen (secondary N) is 1. The number of rotatable bonds is 2. The van der Waals surface area contributed by atoms with Gasteiger partial charge in [0.15, 0.2) is 17.5 Å². The van der Waals surface area contributed by atoms with Crippen molar-refractivity contribution < 1.29 is 9.47 Å². The summed E-state index contributed by atoms with van der Waals surface area (Å²) < 4.78 is 11.0. The summed E-state index contributed by atoms with van der Waals surface area (Å²) in [5, 5.41) is 3.64. The second kappa shape index (κ2) is 5.79. The Labute approximate surface area is 124 Å². The molecule has 20 heavy (non-hydrogen) atoms. The first-order valence-corrected chi connectivity index (χ1v) is 6.89. The topological polar surface area (TPSA) is 68.9 Å². The highest BCUT2D eigenvalue weighted by Gasteiger charge is 2.16. The maximum atomic E-state index is 6.17. The van der Waals surface area contributed by atoms with Crippen molar-refractivity contribution in [3.63, 3.8) is 0 Å². The lowest BCUT2D eigenvalue weighted by Crippen LogP contribution is -2.44. The molecule has 3 N–H and O–H groups in total. The predicted octanol–water partition coefficient (Wildman–Crippen LogP) is 2.31. The molecular formula is C14H20ClN3O2. The third kappa shape index (κ3) is 3.93. The summed E-state index contributed by atoms with van der Waals surface area (Å²) in [7, 11) is 0. The maximum absolute atomic E-state index is 6.17. The van der Waals surface area contributed by atoms with Gasteiger partial charge < -0.3 is 20.5 Å². The predicted molar refractivity (Wildman–Crippen MR) is 80.7 cm³/mol. The quantitative estimate of drug-likeness (QED) is 0.649. The van der Waals surface area contributed by atoms with Crippen LogP contribution in [0.3, 0.4) is 0 Å². The minimum absolute atomic E-state index is 0.113. The smallest absolute Gasteiger partial charge is 0.189 e. The number of nitrogens with zero attached hydrogens (tertiary/aromatic N) is 1. The van der Waals surface area contributed by atoms with Gasteiger partial charge in [0.1, 0.15) is 13.2 Å². The van der Waals surface area contributed by atoms with Gasteiger partial charge in [0, 0.05) is 5.54 Å². The van der Waals surface area contributed by atoms with E-state index in [4.69, 9.17) is 26.8 Å². The lowest BCUT2D eigenvalue weighted by molar-refractivity contribution is 0.171. The zero-order valence-corrected chi connectivity index (χ0v) is 12.8. The molecule has 1 aliphatic heterocycles. The fourth-order valence-corrected chi connectivity index (χ4v) is 2.14. The average Bonchev–Trinajstić information content (AvgIpc) is 2.34. The third-order valence-corrected chi connectivity index (χ3v) is 2.87. The van der Waals surface area contributed by atoms with Crippen molar-refractivity contribution in [1.82, 2.24) is 5.32 Å². The van der Waals surface area contributed by atoms with Crippen LogP contribution in [0.25, 0.3) is 0 Å². The van der Waals surface area contributed by atoms with Crippen molar-refractivity contribution in [2.45, 2.75) is 32.9 Å². The molecule has 0 fully saturated rings. The standard InChI is InChI=1S/C14H20ClN3O2/c1-14(2,3)18-13(16)17-8-9-6-10(15)12-11(7-9)19-4-5-20-12/h6-7H,4-5,8H2,1-3H3,(H3,16,17,18). The highest BCUT2D eigenvalue weighted by Crippen LogP contribution is 2.38. The SMILES string of the molecule is CC(C)(C)NC(N)=NCc1cc(Cl)c2c(c1)OCCO2. The summed E-state index contributed by atoms with van der Waals surface area (Å²) in [5.74, 6) is 1.67. The van der Waals surface area contributed by atoms with Gasteiger partial charge in [-0.3, -0.25) is 0 Å². The molecule has 0 unspecified atom stereocenters. The summed E-state index contributed by atoms with van der Waals surface area (Å²) in [5.41, 5.74) is 6.65. The van der Waals surface area contributed by atoms with E-state index in [0.717, 1.165) is 5.56 Å². The van der Waals surface area contributed by atoms with Crippen LogP contribution in [0.4, 0.5) is 0 Å². The normalized spacial score (nSPS) is 15.1. The van der Waals surface area contributed by atoms with E-state index in [1.807, 2.05) is 32.9 Å². The van der Waals surface area contributed by atoms with Gasteiger partial charge in [-0.2, -0.15) is 0 Å². The van der Waals surface area contributed by atoms with Gasteiger partial charge in [-0.1, -0.05) is 11.6 Å². The van der Waals surface area contributed by atoms with Crippen LogP contribution in [-0.2, 0) is 6.54 Å². The number of guanidine groups is 1. The summed E-state index contributed by atoms with van der Waals surface area (Å²) in [6, 6.07) is 3.71. The van der Waals surface area contributed by atoms with Crippen molar-refractivity contribution in [3.05, 3.63) is 22.7 Å². The van der Waals surface area contributed by atoms with Crippen LogP contribution in [0.5, 0.6) is 11.5 Å². The molecule has 0 amide bonds. The molecular weight excluding hydrogens is 278 g/mol. The van der Waals surface area contributed by atoms with Gasteiger partial charge in [0.2, 0.25) is 0 Å². The number of benzene rings is 1. The van der Waals surface area contributed by atoms with Crippen molar-refractivity contribution >= 4 is 17.6 Å². The molecule has 1 heterocycles. The van der Waals surface area contributed by atoms with Gasteiger partial charge >= 0.3 is 0 Å². The first-order valence-electron chi connectivity index (χ1n) is 6.51. The van der Waals surface area contributed by atoms with Crippen molar-refractivity contribution in [2.75, 3.05) is 13.2 Å². The lowest BCUT2D eigenvalue weighted by Gasteiger charge is -2.21. The van der Waals surface area contributed by atoms with E-state index in [9.17, 15) is 0 Å². The lowest BCUT2D eigenvalue weighted by atomic mass is 10.1. The zero-order valence-electron chi connectivity index (χ0n) is 12.0. The first kappa shape index (κ1) is 14.8. The molecule has 0 aliphatic carbocycles. The number of hydrogen-bond acceptors (Lipinski definition) is 3. The number of halogens is 1. The Kier molecular flexibility index (Phi) is 4.28. The minimum Gasteiger partial charge on any atom is -0.486 e. The highest BCUT2D eigenvalue weighted by atomic mass is 35.5. The molecule has 1 aromatic carbocycles. The van der Waals surface area contributed by atoms with Gasteiger partial charge in [-0.25, -0.2) is 4.99 Å². The van der Waals surface area contributed by atoms with E-state index >= 15 is 0 Å². The number of nitrogens with two attached hydrogens (primary N) is 1. The molecule has 0 spiro atoms. The maximum Gasteiger partial charge on any atom is 0.189 e. The zero-order chi connectivity index (χ0) is 14.8. The number of ether oxygens (including phenoxy) is 2. The molecule has 0 radical (unpaired) electrons. The van der Waals surface area contributed by atoms with E-state index < -0.39 is 0 Å². The van der Waals surface area contributed by atoms with Gasteiger partial charge in [-0.05, 0) is 38.5 Å². The van der Waals surface area contributed by atoms with Crippen LogP contribution in [-0.4, -0.2) is 24.7 Å². The van der Waals surface area contributed by atoms with E-state index in [0.29, 0.717) is 42.2 Å². The Balaban J connectivity index is 2.10. The van der Waals surface area contributed by atoms with E-state index in [-0.39, 0.29) is 5.54 Å². The molecule has 0 saturated carbocycles. The summed E-state index contributed by atoms with van der Waals surface area (Å²) in [6.07, 6.45) is 0. The molecule has 0 saturated heterocycles. The van der Waals surface area contributed by atoms with E-state index in [1.165, 1.54) is 0 Å². The van der Waals surface area contributed by atoms with E-state index in [1.54, 1.807) is 0 Å². The molecule has 5 nitrogen and oxygen atoms in total. The number of aliphatic imine (C=N–C) groups is 1. The van der Waals surface area contributed by atoms with Gasteiger partial charge in [0.25, 0.3) is 0 Å². The summed E-state index contributed by atoms with van der Waals surface area (Å²) in [6.45, 7) is 7.56. The number of hydrogen-bond donors (Lipinski definition) is 2. The second-order valence-electron chi connectivity index (χ2n) is 5.68. The van der Waals surface area contributed by atoms with Gasteiger partial charge in [-0.15, -0.1) is 0 Å². The van der Waals surface area contributed by atoms with Crippen molar-refractivity contribution in [2.24, 2.45) is 10.7 Å². The Morgan fingerprint density at radius 1 is 1.35 bits per heavy atom. The molecule has 6 heteroatoms. The number of fused-ring (bicyclic) bond motifs is 1. The fourth-order valence-electron chi connectivity index (χ4n) is 1.86. The van der Waals surface area contributed by atoms with Crippen LogP contribution < -0.4 is 20.5 Å². The van der Waals surface area contributed by atoms with Crippen LogP contribution in [0, 0.1) is 0 Å². The van der Waals surface area contributed by atoms with Crippen LogP contribution in [0.15, 0.2) is 17.1 Å². The summed E-state index contributed by atoms with van der Waals surface area (Å²) >= 11 is 6.17. The van der Waals surface area contributed by atoms with E-state index in [2.05, 4.69) is 10.3 Å². The Morgan fingerprint density at radius 2 is 2.05 bits per heavy atom. The Morgan fingerprint density at radius 3 is 2.75 bits per heavy atom. The van der Waals surface area contributed by atoms with Crippen LogP contribution in [0.1, 0.15) is 26.3 Å². The molecule has 0 atom stereocenters. The molecule has 2 rings (SSSR count). The molecule has 0 bridgehead atoms. The van der Waals surface area contributed by atoms with Crippen molar-refractivity contribution in [1.29, 1.82) is 0 Å². The largest absolute Gasteiger partial charge is 0.486 e. The molecule has 110 valence electrons. The van der Waals surface area contributed by atoms with Crippen LogP contribution in [0.2, 0.25) is 5.02 Å². The van der Waals surface area contributed by atoms with Crippen molar-refractivity contribution in [3.8, 4) is 11.5 Å². The first-order chi connectivity index (χ1) is 9.35. The third-order valence-electron chi connectivity index (χ3n) is 2.59. The monoisotopic (exact) mass is 297 g/mol. The molecule has 0 aromatic heterocycles. The van der Waals surface area contributed by atoms with Crippen LogP contribution >= 0.6 is 11.6 Å². The fraction of sp³-hybridized carbons (Fsp3) is 0.500. The molecule has 1 aromatic rings. The highest BCUT2D eigenvalue weighted by molar-refractivity contribution is 6.32. The average molecular weight is 298 g/mol. The minimum atomic E-state index is -0.113. The molecule has 1 aliphatic rings. The van der Waals surface area contributed by atoms with Gasteiger partial charge in [0.05, 0.1) is 11.6 Å². The second-order valence-corrected chi connectivity index (χ2v) is 6.09.